The SMILES string of the molecule is CC/C=C(/C)C(=O)NC1CCN(C(C)=O)CC1. The molecule has 17 heavy (non-hydrogen) atoms. The molecule has 0 saturated carbocycles. The van der Waals surface area contributed by atoms with Crippen molar-refractivity contribution in [3.05, 3.63) is 11.6 Å². The number of carbonyl (C=O) groups is 2. The second-order valence-electron chi connectivity index (χ2n) is 4.55. The highest BCUT2D eigenvalue weighted by atomic mass is 16.2. The number of amides is 2. The molecule has 1 N–H and O–H groups in total. The monoisotopic (exact) mass is 238 g/mol. The Kier molecular flexibility index (Phi) is 5.19. The van der Waals surface area contributed by atoms with E-state index in [1.807, 2.05) is 24.8 Å². The quantitative estimate of drug-likeness (QED) is 0.757. The number of likely N-dealkylation sites (tertiary alicyclic amines) is 1. The summed E-state index contributed by atoms with van der Waals surface area (Å²) in [6.45, 7) is 6.94. The lowest BCUT2D eigenvalue weighted by atomic mass is 10.0. The van der Waals surface area contributed by atoms with Crippen LogP contribution in [0.2, 0.25) is 0 Å². The van der Waals surface area contributed by atoms with Crippen LogP contribution in [0.3, 0.4) is 0 Å². The van der Waals surface area contributed by atoms with Crippen LogP contribution in [-0.4, -0.2) is 35.8 Å². The largest absolute Gasteiger partial charge is 0.349 e. The molecule has 1 heterocycles. The minimum Gasteiger partial charge on any atom is -0.349 e. The molecule has 0 aromatic carbocycles. The number of nitrogens with one attached hydrogen (secondary N) is 1. The Balaban J connectivity index is 2.38. The zero-order valence-corrected chi connectivity index (χ0v) is 11.0. The molecule has 4 nitrogen and oxygen atoms in total. The summed E-state index contributed by atoms with van der Waals surface area (Å²) in [5, 5.41) is 3.02. The molecule has 1 aliphatic heterocycles. The van der Waals surface area contributed by atoms with Crippen LogP contribution in [0, 0.1) is 0 Å². The van der Waals surface area contributed by atoms with Crippen molar-refractivity contribution in [3.63, 3.8) is 0 Å². The number of carbonyl (C=O) groups excluding carboxylic acids is 2. The van der Waals surface area contributed by atoms with E-state index in [1.165, 1.54) is 0 Å². The van der Waals surface area contributed by atoms with Crippen molar-refractivity contribution in [2.24, 2.45) is 0 Å². The van der Waals surface area contributed by atoms with Crippen LogP contribution < -0.4 is 5.32 Å². The van der Waals surface area contributed by atoms with Crippen molar-refractivity contribution in [1.29, 1.82) is 0 Å². The van der Waals surface area contributed by atoms with Crippen molar-refractivity contribution in [2.45, 2.75) is 46.1 Å². The predicted octanol–water partition coefficient (Wildman–Crippen LogP) is 1.47. The lowest BCUT2D eigenvalue weighted by Gasteiger charge is -2.31. The Hall–Kier alpha value is -1.32. The lowest BCUT2D eigenvalue weighted by molar-refractivity contribution is -0.130. The fourth-order valence-corrected chi connectivity index (χ4v) is 2.04. The molecule has 0 bridgehead atoms. The van der Waals surface area contributed by atoms with Gasteiger partial charge in [-0.3, -0.25) is 9.59 Å². The van der Waals surface area contributed by atoms with E-state index in [0.29, 0.717) is 0 Å². The Morgan fingerprint density at radius 3 is 2.35 bits per heavy atom. The van der Waals surface area contributed by atoms with E-state index in [0.717, 1.165) is 37.9 Å². The molecule has 0 atom stereocenters. The van der Waals surface area contributed by atoms with Gasteiger partial charge in [-0.15, -0.1) is 0 Å². The molecule has 4 heteroatoms. The van der Waals surface area contributed by atoms with Gasteiger partial charge in [-0.05, 0) is 26.2 Å². The van der Waals surface area contributed by atoms with E-state index in [9.17, 15) is 9.59 Å². The van der Waals surface area contributed by atoms with E-state index in [4.69, 9.17) is 0 Å². The van der Waals surface area contributed by atoms with Crippen LogP contribution in [0.1, 0.15) is 40.0 Å². The van der Waals surface area contributed by atoms with E-state index in [2.05, 4.69) is 5.32 Å². The molecule has 2 amide bonds. The van der Waals surface area contributed by atoms with Gasteiger partial charge in [0.15, 0.2) is 0 Å². The van der Waals surface area contributed by atoms with Crippen LogP contribution >= 0.6 is 0 Å². The molecule has 1 saturated heterocycles. The summed E-state index contributed by atoms with van der Waals surface area (Å²) >= 11 is 0. The van der Waals surface area contributed by atoms with E-state index in [-0.39, 0.29) is 17.9 Å². The van der Waals surface area contributed by atoms with E-state index >= 15 is 0 Å². The van der Waals surface area contributed by atoms with Gasteiger partial charge < -0.3 is 10.2 Å². The van der Waals surface area contributed by atoms with Gasteiger partial charge in [0, 0.05) is 31.6 Å². The van der Waals surface area contributed by atoms with Gasteiger partial charge in [-0.2, -0.15) is 0 Å². The van der Waals surface area contributed by atoms with Crippen LogP contribution in [0.4, 0.5) is 0 Å². The molecule has 0 aromatic heterocycles. The van der Waals surface area contributed by atoms with Crippen LogP contribution in [0.15, 0.2) is 11.6 Å². The molecular weight excluding hydrogens is 216 g/mol. The molecule has 96 valence electrons. The van der Waals surface area contributed by atoms with Gasteiger partial charge in [0.25, 0.3) is 0 Å². The maximum Gasteiger partial charge on any atom is 0.246 e. The van der Waals surface area contributed by atoms with Crippen molar-refractivity contribution in [2.75, 3.05) is 13.1 Å². The third-order valence-electron chi connectivity index (χ3n) is 3.14. The first-order chi connectivity index (χ1) is 8.04. The van der Waals surface area contributed by atoms with Crippen molar-refractivity contribution >= 4 is 11.8 Å². The fraction of sp³-hybridized carbons (Fsp3) is 0.692. The highest BCUT2D eigenvalue weighted by Crippen LogP contribution is 2.11. The molecule has 0 spiro atoms. The van der Waals surface area contributed by atoms with Gasteiger partial charge >= 0.3 is 0 Å². The Morgan fingerprint density at radius 2 is 1.88 bits per heavy atom. The molecule has 0 unspecified atom stereocenters. The van der Waals surface area contributed by atoms with E-state index < -0.39 is 0 Å². The molecule has 0 radical (unpaired) electrons. The van der Waals surface area contributed by atoms with Crippen LogP contribution in [-0.2, 0) is 9.59 Å². The Morgan fingerprint density at radius 1 is 1.29 bits per heavy atom. The first kappa shape index (κ1) is 13.7. The summed E-state index contributed by atoms with van der Waals surface area (Å²) in [6.07, 6.45) is 4.51. The number of nitrogens with zero attached hydrogens (tertiary/aromatic N) is 1. The maximum atomic E-state index is 11.8. The molecule has 1 rings (SSSR count). The Bertz CT molecular complexity index is 315. The summed E-state index contributed by atoms with van der Waals surface area (Å²) in [7, 11) is 0. The number of piperidine rings is 1. The summed E-state index contributed by atoms with van der Waals surface area (Å²) in [4.78, 5) is 24.7. The minimum atomic E-state index is 0.0214. The van der Waals surface area contributed by atoms with Gasteiger partial charge in [-0.1, -0.05) is 13.0 Å². The smallest absolute Gasteiger partial charge is 0.246 e. The first-order valence-electron chi connectivity index (χ1n) is 6.27. The van der Waals surface area contributed by atoms with Crippen molar-refractivity contribution in [1.82, 2.24) is 10.2 Å². The molecule has 1 aliphatic rings. The summed E-state index contributed by atoms with van der Waals surface area (Å²) in [5.41, 5.74) is 0.779. The van der Waals surface area contributed by atoms with Gasteiger partial charge in [0.05, 0.1) is 0 Å². The van der Waals surface area contributed by atoms with Gasteiger partial charge in [-0.25, -0.2) is 0 Å². The Labute approximate surface area is 103 Å². The maximum absolute atomic E-state index is 11.8. The highest BCUT2D eigenvalue weighted by molar-refractivity contribution is 5.92. The summed E-state index contributed by atoms with van der Waals surface area (Å²) in [6, 6.07) is 0.207. The fourth-order valence-electron chi connectivity index (χ4n) is 2.04. The second-order valence-corrected chi connectivity index (χ2v) is 4.55. The van der Waals surface area contributed by atoms with Crippen molar-refractivity contribution < 1.29 is 9.59 Å². The molecular formula is C13H22N2O2. The average Bonchev–Trinajstić information content (AvgIpc) is 2.30. The van der Waals surface area contributed by atoms with Crippen LogP contribution in [0.25, 0.3) is 0 Å². The highest BCUT2D eigenvalue weighted by Gasteiger charge is 2.21. The zero-order chi connectivity index (χ0) is 12.8. The molecule has 0 aliphatic carbocycles. The average molecular weight is 238 g/mol. The normalized spacial score (nSPS) is 18.1. The second kappa shape index (κ2) is 6.42. The number of hydrogen-bond acceptors (Lipinski definition) is 2. The first-order valence-corrected chi connectivity index (χ1v) is 6.27. The number of hydrogen-bond donors (Lipinski definition) is 1. The lowest BCUT2D eigenvalue weighted by Crippen LogP contribution is -2.46. The minimum absolute atomic E-state index is 0.0214. The third kappa shape index (κ3) is 4.21. The number of rotatable bonds is 3. The standard InChI is InChI=1S/C13H22N2O2/c1-4-5-10(2)13(17)14-12-6-8-15(9-7-12)11(3)16/h5,12H,4,6-9H2,1-3H3,(H,14,17)/b10-5-. The predicted molar refractivity (Wildman–Crippen MR) is 67.5 cm³/mol. The number of allylic oxidation sites excluding steroid dienone is 1. The van der Waals surface area contributed by atoms with Crippen molar-refractivity contribution in [3.8, 4) is 0 Å². The van der Waals surface area contributed by atoms with Gasteiger partial charge in [0.1, 0.15) is 0 Å². The summed E-state index contributed by atoms with van der Waals surface area (Å²) < 4.78 is 0. The topological polar surface area (TPSA) is 49.4 Å². The molecule has 1 fully saturated rings. The molecule has 0 aromatic rings. The van der Waals surface area contributed by atoms with E-state index in [1.54, 1.807) is 6.92 Å². The third-order valence-corrected chi connectivity index (χ3v) is 3.14. The summed E-state index contributed by atoms with van der Waals surface area (Å²) in [5.74, 6) is 0.143. The van der Waals surface area contributed by atoms with Crippen LogP contribution in [0.5, 0.6) is 0 Å². The zero-order valence-electron chi connectivity index (χ0n) is 11.0. The van der Waals surface area contributed by atoms with Gasteiger partial charge in [0.2, 0.25) is 11.8 Å².